The maximum atomic E-state index is 11.7. The molecule has 10 heteroatoms. The number of rotatable bonds is 3. The van der Waals surface area contributed by atoms with Crippen LogP contribution in [-0.4, -0.2) is 46.5 Å². The van der Waals surface area contributed by atoms with Crippen molar-refractivity contribution in [3.05, 3.63) is 23.8 Å². The molecule has 0 aliphatic heterocycles. The van der Waals surface area contributed by atoms with E-state index in [-0.39, 0.29) is 17.6 Å². The Labute approximate surface area is 189 Å². The number of nitrogens with two attached hydrogens (primary N) is 2. The van der Waals surface area contributed by atoms with Crippen molar-refractivity contribution in [2.45, 2.75) is 84.1 Å². The number of hydrogen-bond donors (Lipinski definition) is 5. The first kappa shape index (κ1) is 26.9. The van der Waals surface area contributed by atoms with Gasteiger partial charge in [-0.15, -0.1) is 0 Å². The number of benzene rings is 1. The lowest BCUT2D eigenvalue weighted by Crippen LogP contribution is -2.41. The molecule has 2 atom stereocenters. The van der Waals surface area contributed by atoms with Gasteiger partial charge < -0.3 is 36.7 Å². The number of nitrogen functional groups attached to an aromatic ring is 2. The van der Waals surface area contributed by atoms with Gasteiger partial charge in [-0.2, -0.15) is 0 Å². The Balaban J connectivity index is 0.000000389. The maximum Gasteiger partial charge on any atom is 0.407 e. The largest absolute Gasteiger partial charge is 0.478 e. The van der Waals surface area contributed by atoms with Crippen molar-refractivity contribution in [3.8, 4) is 0 Å². The number of amides is 2. The summed E-state index contributed by atoms with van der Waals surface area (Å²) in [4.78, 5) is 33.8. The number of hydrogen-bond acceptors (Lipinski definition) is 7. The van der Waals surface area contributed by atoms with Crippen molar-refractivity contribution in [2.24, 2.45) is 0 Å². The third kappa shape index (κ3) is 11.3. The van der Waals surface area contributed by atoms with Gasteiger partial charge in [0.1, 0.15) is 11.2 Å². The van der Waals surface area contributed by atoms with Crippen molar-refractivity contribution >= 4 is 29.5 Å². The van der Waals surface area contributed by atoms with Crippen LogP contribution >= 0.6 is 0 Å². The third-order valence-electron chi connectivity index (χ3n) is 4.10. The van der Waals surface area contributed by atoms with Gasteiger partial charge in [-0.05, 0) is 79.0 Å². The first-order valence-electron chi connectivity index (χ1n) is 10.4. The van der Waals surface area contributed by atoms with Gasteiger partial charge in [-0.1, -0.05) is 0 Å². The fourth-order valence-electron chi connectivity index (χ4n) is 2.99. The minimum Gasteiger partial charge on any atom is -0.478 e. The van der Waals surface area contributed by atoms with Crippen molar-refractivity contribution in [1.29, 1.82) is 0 Å². The molecule has 32 heavy (non-hydrogen) atoms. The van der Waals surface area contributed by atoms with Crippen LogP contribution in [0.15, 0.2) is 18.2 Å². The summed E-state index contributed by atoms with van der Waals surface area (Å²) in [6.45, 7) is 11.0. The van der Waals surface area contributed by atoms with Crippen molar-refractivity contribution < 1.29 is 29.0 Å². The highest BCUT2D eigenvalue weighted by Crippen LogP contribution is 2.20. The van der Waals surface area contributed by atoms with Crippen LogP contribution in [-0.2, 0) is 9.47 Å². The Kier molecular flexibility index (Phi) is 9.17. The number of carboxylic acids is 1. The van der Waals surface area contributed by atoms with E-state index in [1.54, 1.807) is 0 Å². The SMILES string of the molecule is CC(C)(C)OC(=O)NC1CCC(NC(=O)OC(C)(C)C)C1.Nc1cc(N)cc(C(=O)O)c1. The Morgan fingerprint density at radius 2 is 1.22 bits per heavy atom. The Hall–Kier alpha value is -3.17. The summed E-state index contributed by atoms with van der Waals surface area (Å²) < 4.78 is 10.4. The van der Waals surface area contributed by atoms with Crippen LogP contribution in [0, 0.1) is 0 Å². The molecule has 1 saturated carbocycles. The first-order chi connectivity index (χ1) is 14.5. The van der Waals surface area contributed by atoms with Gasteiger partial charge in [0.2, 0.25) is 0 Å². The zero-order valence-electron chi connectivity index (χ0n) is 19.7. The number of carbonyl (C=O) groups excluding carboxylic acids is 2. The number of ether oxygens (including phenoxy) is 2. The van der Waals surface area contributed by atoms with Crippen LogP contribution in [0.5, 0.6) is 0 Å². The van der Waals surface area contributed by atoms with E-state index in [9.17, 15) is 14.4 Å². The van der Waals surface area contributed by atoms with Crippen LogP contribution in [0.1, 0.15) is 71.2 Å². The van der Waals surface area contributed by atoms with E-state index in [1.807, 2.05) is 41.5 Å². The lowest BCUT2D eigenvalue weighted by Gasteiger charge is -2.22. The molecule has 0 radical (unpaired) electrons. The number of nitrogens with one attached hydrogen (secondary N) is 2. The molecule has 0 saturated heterocycles. The highest BCUT2D eigenvalue weighted by atomic mass is 16.6. The van der Waals surface area contributed by atoms with E-state index in [1.165, 1.54) is 18.2 Å². The van der Waals surface area contributed by atoms with Crippen LogP contribution < -0.4 is 22.1 Å². The third-order valence-corrected chi connectivity index (χ3v) is 4.10. The second-order valence-electron chi connectivity index (χ2n) is 9.69. The van der Waals surface area contributed by atoms with E-state index >= 15 is 0 Å². The van der Waals surface area contributed by atoms with Crippen molar-refractivity contribution in [2.75, 3.05) is 11.5 Å². The molecule has 1 aliphatic rings. The zero-order valence-corrected chi connectivity index (χ0v) is 19.7. The van der Waals surface area contributed by atoms with Crippen LogP contribution in [0.2, 0.25) is 0 Å². The van der Waals surface area contributed by atoms with Crippen molar-refractivity contribution in [1.82, 2.24) is 10.6 Å². The summed E-state index contributed by atoms with van der Waals surface area (Å²) in [6, 6.07) is 4.28. The van der Waals surface area contributed by atoms with Gasteiger partial charge in [0.15, 0.2) is 0 Å². The molecule has 0 heterocycles. The topological polar surface area (TPSA) is 166 Å². The van der Waals surface area contributed by atoms with Gasteiger partial charge in [0, 0.05) is 23.5 Å². The molecular formula is C22H36N4O6. The molecule has 1 fully saturated rings. The predicted molar refractivity (Wildman–Crippen MR) is 122 cm³/mol. The molecule has 2 rings (SSSR count). The minimum absolute atomic E-state index is 0.0276. The number of aromatic carboxylic acids is 1. The molecule has 1 aromatic carbocycles. The molecule has 2 unspecified atom stereocenters. The number of anilines is 2. The predicted octanol–water partition coefficient (Wildman–Crippen LogP) is 3.51. The van der Waals surface area contributed by atoms with Gasteiger partial charge >= 0.3 is 18.2 Å². The van der Waals surface area contributed by atoms with Gasteiger partial charge in [0.05, 0.1) is 5.56 Å². The zero-order chi connectivity index (χ0) is 24.7. The lowest BCUT2D eigenvalue weighted by atomic mass is 10.2. The average Bonchev–Trinajstić information content (AvgIpc) is 2.97. The van der Waals surface area contributed by atoms with E-state index in [0.29, 0.717) is 17.8 Å². The number of carbonyl (C=O) groups is 3. The highest BCUT2D eigenvalue weighted by molar-refractivity contribution is 5.90. The fourth-order valence-corrected chi connectivity index (χ4v) is 2.99. The Morgan fingerprint density at radius 1 is 0.844 bits per heavy atom. The van der Waals surface area contributed by atoms with E-state index in [4.69, 9.17) is 26.0 Å². The van der Waals surface area contributed by atoms with Gasteiger partial charge in [-0.3, -0.25) is 0 Å². The second kappa shape index (κ2) is 10.9. The summed E-state index contributed by atoms with van der Waals surface area (Å²) in [5, 5.41) is 14.2. The molecule has 10 nitrogen and oxygen atoms in total. The quantitative estimate of drug-likeness (QED) is 0.434. The van der Waals surface area contributed by atoms with E-state index in [0.717, 1.165) is 12.8 Å². The normalized spacial score (nSPS) is 18.1. The van der Waals surface area contributed by atoms with E-state index in [2.05, 4.69) is 10.6 Å². The summed E-state index contributed by atoms with van der Waals surface area (Å²) >= 11 is 0. The minimum atomic E-state index is -1.02. The van der Waals surface area contributed by atoms with Crippen LogP contribution in [0.25, 0.3) is 0 Å². The average molecular weight is 453 g/mol. The van der Waals surface area contributed by atoms with E-state index < -0.39 is 29.4 Å². The molecular weight excluding hydrogens is 416 g/mol. The summed E-state index contributed by atoms with van der Waals surface area (Å²) in [7, 11) is 0. The Morgan fingerprint density at radius 3 is 1.53 bits per heavy atom. The summed E-state index contributed by atoms with van der Waals surface area (Å²) in [5.74, 6) is -1.02. The lowest BCUT2D eigenvalue weighted by molar-refractivity contribution is 0.0502. The Bertz CT molecular complexity index is 757. The molecule has 0 spiro atoms. The fraction of sp³-hybridized carbons (Fsp3) is 0.591. The second-order valence-corrected chi connectivity index (χ2v) is 9.69. The smallest absolute Gasteiger partial charge is 0.407 e. The van der Waals surface area contributed by atoms with Crippen LogP contribution in [0.3, 0.4) is 0 Å². The molecule has 1 aromatic rings. The molecule has 0 bridgehead atoms. The summed E-state index contributed by atoms with van der Waals surface area (Å²) in [6.07, 6.45) is 1.51. The number of carboxylic acid groups (broad SMARTS) is 1. The summed E-state index contributed by atoms with van der Waals surface area (Å²) in [5.41, 5.74) is 10.5. The molecule has 7 N–H and O–H groups in total. The van der Waals surface area contributed by atoms with Crippen LogP contribution in [0.4, 0.5) is 21.0 Å². The monoisotopic (exact) mass is 452 g/mol. The maximum absolute atomic E-state index is 11.7. The standard InChI is InChI=1S/C15H28N2O4.C7H8N2O2/c1-14(2,3)20-12(18)16-10-7-8-11(9-10)17-13(19)21-15(4,5)6;8-5-1-4(7(10)11)2-6(9)3-5/h10-11H,7-9H2,1-6H3,(H,16,18)(H,17,19);1-3H,8-9H2,(H,10,11). The molecule has 180 valence electrons. The van der Waals surface area contributed by atoms with Gasteiger partial charge in [0.25, 0.3) is 0 Å². The highest BCUT2D eigenvalue weighted by Gasteiger charge is 2.29. The molecule has 2 amide bonds. The number of alkyl carbamates (subject to hydrolysis) is 2. The molecule has 1 aliphatic carbocycles. The first-order valence-corrected chi connectivity index (χ1v) is 10.4. The van der Waals surface area contributed by atoms with Crippen molar-refractivity contribution in [3.63, 3.8) is 0 Å². The van der Waals surface area contributed by atoms with Gasteiger partial charge in [-0.25, -0.2) is 14.4 Å². The molecule has 0 aromatic heterocycles.